The van der Waals surface area contributed by atoms with Crippen LogP contribution in [0.15, 0.2) is 0 Å². The molecule has 1 aliphatic heterocycles. The van der Waals surface area contributed by atoms with Crippen LogP contribution in [-0.2, 0) is 33.3 Å². The van der Waals surface area contributed by atoms with Crippen molar-refractivity contribution in [3.05, 3.63) is 0 Å². The van der Waals surface area contributed by atoms with Gasteiger partial charge in [-0.3, -0.25) is 9.59 Å². The fourth-order valence-corrected chi connectivity index (χ4v) is 2.35. The van der Waals surface area contributed by atoms with Gasteiger partial charge in [0, 0.05) is 27.1 Å². The highest BCUT2D eigenvalue weighted by Crippen LogP contribution is 2.26. The smallest absolute Gasteiger partial charge is 0.303 e. The molecule has 0 aromatic rings. The normalized spacial score (nSPS) is 30.7. The van der Waals surface area contributed by atoms with Crippen LogP contribution in [0.4, 0.5) is 0 Å². The number of hydrogen-bond donors (Lipinski definition) is 1. The summed E-state index contributed by atoms with van der Waals surface area (Å²) >= 11 is 0. The van der Waals surface area contributed by atoms with Crippen molar-refractivity contribution in [3.8, 4) is 0 Å². The quantitative estimate of drug-likeness (QED) is 0.635. The average Bonchev–Trinajstić information content (AvgIpc) is 2.48. The van der Waals surface area contributed by atoms with Crippen molar-refractivity contribution in [1.29, 1.82) is 0 Å². The molecule has 0 amide bonds. The summed E-state index contributed by atoms with van der Waals surface area (Å²) in [6.07, 6.45) is -2.33. The second kappa shape index (κ2) is 9.82. The summed E-state index contributed by atoms with van der Waals surface area (Å²) in [5.41, 5.74) is 6.11. The van der Waals surface area contributed by atoms with Crippen LogP contribution >= 0.6 is 0 Å². The molecule has 8 nitrogen and oxygen atoms in total. The number of ether oxygens (including phenoxy) is 5. The maximum absolute atomic E-state index is 11.4. The number of nitrogens with two attached hydrogens (primary N) is 1. The SMILES string of the molecule is CCCOC1O[C@H](COCC)[C@@H](OC(C)=O)[C@H](OC(C)=O)[C@H]1N. The zero-order valence-corrected chi connectivity index (χ0v) is 14.2. The largest absolute Gasteiger partial charge is 0.457 e. The van der Waals surface area contributed by atoms with Crippen LogP contribution in [0.25, 0.3) is 0 Å². The first kappa shape index (κ1) is 19.8. The summed E-state index contributed by atoms with van der Waals surface area (Å²) in [4.78, 5) is 22.8. The number of carbonyl (C=O) groups excluding carboxylic acids is 2. The van der Waals surface area contributed by atoms with E-state index in [0.717, 1.165) is 6.42 Å². The highest BCUT2D eigenvalue weighted by molar-refractivity contribution is 5.67. The molecule has 0 saturated carbocycles. The zero-order chi connectivity index (χ0) is 17.4. The van der Waals surface area contributed by atoms with E-state index in [0.29, 0.717) is 13.2 Å². The molecule has 8 heteroatoms. The first-order chi connectivity index (χ1) is 10.9. The molecule has 1 heterocycles. The molecule has 1 unspecified atom stereocenters. The molecular formula is C15H27NO7. The second-order valence-electron chi connectivity index (χ2n) is 5.30. The molecule has 1 rings (SSSR count). The minimum absolute atomic E-state index is 0.172. The molecular weight excluding hydrogens is 306 g/mol. The Morgan fingerprint density at radius 2 is 1.70 bits per heavy atom. The highest BCUT2D eigenvalue weighted by atomic mass is 16.7. The average molecular weight is 333 g/mol. The lowest BCUT2D eigenvalue weighted by atomic mass is 9.97. The highest BCUT2D eigenvalue weighted by Gasteiger charge is 2.48. The van der Waals surface area contributed by atoms with Crippen molar-refractivity contribution < 1.29 is 33.3 Å². The van der Waals surface area contributed by atoms with E-state index in [9.17, 15) is 9.59 Å². The molecule has 0 radical (unpaired) electrons. The number of rotatable bonds is 8. The van der Waals surface area contributed by atoms with Gasteiger partial charge in [0.05, 0.1) is 12.6 Å². The standard InChI is InChI=1S/C15H27NO7/c1-5-7-20-15-12(16)14(22-10(4)18)13(21-9(3)17)11(23-15)8-19-6-2/h11-15H,5-8,16H2,1-4H3/t11-,12-,13-,14-,15?/m1/s1. The van der Waals surface area contributed by atoms with Gasteiger partial charge in [0.2, 0.25) is 0 Å². The van der Waals surface area contributed by atoms with Crippen molar-refractivity contribution in [1.82, 2.24) is 0 Å². The Labute approximate surface area is 136 Å². The van der Waals surface area contributed by atoms with Gasteiger partial charge < -0.3 is 29.4 Å². The van der Waals surface area contributed by atoms with E-state index < -0.39 is 42.6 Å². The monoisotopic (exact) mass is 333 g/mol. The van der Waals surface area contributed by atoms with E-state index in [1.165, 1.54) is 13.8 Å². The molecule has 0 bridgehead atoms. The molecule has 1 saturated heterocycles. The molecule has 0 aromatic heterocycles. The molecule has 1 fully saturated rings. The van der Waals surface area contributed by atoms with Crippen molar-refractivity contribution >= 4 is 11.9 Å². The van der Waals surface area contributed by atoms with Gasteiger partial charge in [-0.1, -0.05) is 6.92 Å². The van der Waals surface area contributed by atoms with Gasteiger partial charge in [-0.05, 0) is 13.3 Å². The van der Waals surface area contributed by atoms with Gasteiger partial charge in [-0.25, -0.2) is 0 Å². The summed E-state index contributed by atoms with van der Waals surface area (Å²) < 4.78 is 27.3. The summed E-state index contributed by atoms with van der Waals surface area (Å²) in [5.74, 6) is -1.04. The van der Waals surface area contributed by atoms with Crippen LogP contribution in [0.5, 0.6) is 0 Å². The molecule has 2 N–H and O–H groups in total. The maximum Gasteiger partial charge on any atom is 0.303 e. The van der Waals surface area contributed by atoms with Gasteiger partial charge >= 0.3 is 11.9 Å². The second-order valence-corrected chi connectivity index (χ2v) is 5.30. The first-order valence-corrected chi connectivity index (χ1v) is 7.85. The molecule has 5 atom stereocenters. The van der Waals surface area contributed by atoms with E-state index in [1.807, 2.05) is 13.8 Å². The Morgan fingerprint density at radius 3 is 2.22 bits per heavy atom. The lowest BCUT2D eigenvalue weighted by Crippen LogP contribution is -2.64. The van der Waals surface area contributed by atoms with Gasteiger partial charge in [-0.2, -0.15) is 0 Å². The molecule has 134 valence electrons. The Hall–Kier alpha value is -1.22. The van der Waals surface area contributed by atoms with Crippen molar-refractivity contribution in [2.75, 3.05) is 19.8 Å². The van der Waals surface area contributed by atoms with Crippen molar-refractivity contribution in [2.24, 2.45) is 5.73 Å². The molecule has 0 aliphatic carbocycles. The third-order valence-corrected chi connectivity index (χ3v) is 3.27. The first-order valence-electron chi connectivity index (χ1n) is 7.85. The van der Waals surface area contributed by atoms with Gasteiger partial charge in [0.15, 0.2) is 18.5 Å². The van der Waals surface area contributed by atoms with Crippen LogP contribution in [0.2, 0.25) is 0 Å². The molecule has 0 aromatic carbocycles. The minimum atomic E-state index is -0.863. The molecule has 1 aliphatic rings. The third kappa shape index (κ3) is 6.06. The fourth-order valence-electron chi connectivity index (χ4n) is 2.35. The van der Waals surface area contributed by atoms with Crippen LogP contribution < -0.4 is 5.73 Å². The van der Waals surface area contributed by atoms with Gasteiger partial charge in [-0.15, -0.1) is 0 Å². The predicted molar refractivity (Wildman–Crippen MR) is 80.5 cm³/mol. The van der Waals surface area contributed by atoms with Gasteiger partial charge in [0.1, 0.15) is 6.10 Å². The third-order valence-electron chi connectivity index (χ3n) is 3.27. The minimum Gasteiger partial charge on any atom is -0.457 e. The predicted octanol–water partition coefficient (Wildman–Crippen LogP) is 0.365. The van der Waals surface area contributed by atoms with E-state index in [2.05, 4.69) is 0 Å². The summed E-state index contributed by atoms with van der Waals surface area (Å²) in [5, 5.41) is 0. The Bertz CT molecular complexity index is 390. The number of carbonyl (C=O) groups is 2. The van der Waals surface area contributed by atoms with Crippen LogP contribution in [0.1, 0.15) is 34.1 Å². The Kier molecular flexibility index (Phi) is 8.46. The van der Waals surface area contributed by atoms with Crippen LogP contribution in [0.3, 0.4) is 0 Å². The summed E-state index contributed by atoms with van der Waals surface area (Å²) in [6, 6.07) is -0.771. The van der Waals surface area contributed by atoms with Crippen LogP contribution in [0, 0.1) is 0 Å². The maximum atomic E-state index is 11.4. The van der Waals surface area contributed by atoms with E-state index in [-0.39, 0.29) is 6.61 Å². The number of hydrogen-bond acceptors (Lipinski definition) is 8. The number of esters is 2. The van der Waals surface area contributed by atoms with E-state index in [4.69, 9.17) is 29.4 Å². The lowest BCUT2D eigenvalue weighted by molar-refractivity contribution is -0.274. The van der Waals surface area contributed by atoms with Crippen molar-refractivity contribution in [2.45, 2.75) is 64.8 Å². The lowest BCUT2D eigenvalue weighted by Gasteiger charge is -2.43. The Balaban J connectivity index is 2.97. The summed E-state index contributed by atoms with van der Waals surface area (Å²) in [7, 11) is 0. The summed E-state index contributed by atoms with van der Waals surface area (Å²) in [6.45, 7) is 7.43. The molecule has 23 heavy (non-hydrogen) atoms. The van der Waals surface area contributed by atoms with E-state index in [1.54, 1.807) is 0 Å². The van der Waals surface area contributed by atoms with E-state index >= 15 is 0 Å². The Morgan fingerprint density at radius 1 is 1.09 bits per heavy atom. The van der Waals surface area contributed by atoms with Crippen molar-refractivity contribution in [3.63, 3.8) is 0 Å². The van der Waals surface area contributed by atoms with Gasteiger partial charge in [0.25, 0.3) is 0 Å². The zero-order valence-electron chi connectivity index (χ0n) is 14.2. The topological polar surface area (TPSA) is 106 Å². The van der Waals surface area contributed by atoms with Crippen LogP contribution in [-0.4, -0.2) is 62.4 Å². The fraction of sp³-hybridized carbons (Fsp3) is 0.867. The molecule has 0 spiro atoms.